The minimum absolute atomic E-state index is 0.0182. The first-order chi connectivity index (χ1) is 14.6. The SMILES string of the molecule is COC(=O)c1ccc(C2=NOC(c3cc(Cl)cc(Cl)c3)(C(F)(F)F)C2)c2nnn(C)c12. The first-order valence-corrected chi connectivity index (χ1v) is 9.52. The maximum atomic E-state index is 14.2. The lowest BCUT2D eigenvalue weighted by Crippen LogP contribution is -2.42. The van der Waals surface area contributed by atoms with Gasteiger partial charge < -0.3 is 9.57 Å². The third kappa shape index (κ3) is 3.39. The Hall–Kier alpha value is -2.85. The van der Waals surface area contributed by atoms with E-state index >= 15 is 0 Å². The minimum Gasteiger partial charge on any atom is -0.465 e. The van der Waals surface area contributed by atoms with Crippen molar-refractivity contribution in [1.29, 1.82) is 0 Å². The van der Waals surface area contributed by atoms with E-state index in [9.17, 15) is 18.0 Å². The minimum atomic E-state index is -4.83. The van der Waals surface area contributed by atoms with Crippen LogP contribution in [0.2, 0.25) is 10.0 Å². The fourth-order valence-electron chi connectivity index (χ4n) is 3.51. The smallest absolute Gasteiger partial charge is 0.435 e. The van der Waals surface area contributed by atoms with Gasteiger partial charge in [-0.05, 0) is 30.3 Å². The molecule has 2 aromatic carbocycles. The molecule has 0 fully saturated rings. The molecule has 2 heterocycles. The van der Waals surface area contributed by atoms with E-state index in [0.717, 1.165) is 12.1 Å². The molecular weight excluding hydrogens is 460 g/mol. The number of carbonyl (C=O) groups is 1. The first kappa shape index (κ1) is 21.4. The second kappa shape index (κ2) is 7.38. The number of hydrogen-bond donors (Lipinski definition) is 0. The molecule has 31 heavy (non-hydrogen) atoms. The van der Waals surface area contributed by atoms with E-state index in [4.69, 9.17) is 32.8 Å². The summed E-state index contributed by atoms with van der Waals surface area (Å²) in [6.45, 7) is 0. The highest BCUT2D eigenvalue weighted by molar-refractivity contribution is 6.34. The van der Waals surface area contributed by atoms with Crippen LogP contribution in [-0.4, -0.2) is 40.0 Å². The predicted molar refractivity (Wildman–Crippen MR) is 106 cm³/mol. The Morgan fingerprint density at radius 2 is 1.90 bits per heavy atom. The number of ether oxygens (including phenoxy) is 1. The Morgan fingerprint density at radius 1 is 1.23 bits per heavy atom. The van der Waals surface area contributed by atoms with Crippen molar-refractivity contribution in [1.82, 2.24) is 15.0 Å². The van der Waals surface area contributed by atoms with Crippen molar-refractivity contribution in [3.63, 3.8) is 0 Å². The molecule has 0 N–H and O–H groups in total. The lowest BCUT2D eigenvalue weighted by atomic mass is 9.86. The van der Waals surface area contributed by atoms with E-state index < -0.39 is 24.2 Å². The maximum Gasteiger partial charge on any atom is 0.435 e. The Kier molecular flexibility index (Phi) is 5.09. The third-order valence-corrected chi connectivity index (χ3v) is 5.42. The van der Waals surface area contributed by atoms with Gasteiger partial charge in [0.1, 0.15) is 11.0 Å². The monoisotopic (exact) mass is 472 g/mol. The van der Waals surface area contributed by atoms with Gasteiger partial charge in [-0.25, -0.2) is 9.48 Å². The Morgan fingerprint density at radius 3 is 2.52 bits per heavy atom. The molecule has 1 aliphatic heterocycles. The maximum absolute atomic E-state index is 14.2. The molecule has 0 saturated heterocycles. The van der Waals surface area contributed by atoms with E-state index in [1.54, 1.807) is 7.05 Å². The number of carbonyl (C=O) groups excluding carboxylic acids is 1. The largest absolute Gasteiger partial charge is 0.465 e. The average Bonchev–Trinajstić information content (AvgIpc) is 3.31. The van der Waals surface area contributed by atoms with Gasteiger partial charge in [0.05, 0.1) is 24.8 Å². The van der Waals surface area contributed by atoms with Crippen molar-refractivity contribution >= 4 is 45.9 Å². The van der Waals surface area contributed by atoms with Gasteiger partial charge in [0, 0.05) is 28.2 Å². The Labute approximate surface area is 183 Å². The zero-order valence-corrected chi connectivity index (χ0v) is 17.5. The van der Waals surface area contributed by atoms with Gasteiger partial charge in [-0.15, -0.1) is 5.10 Å². The standard InChI is InChI=1S/C19H13Cl2F3N4O3/c1-28-16-13(17(29)30-2)4-3-12(15(16)25-27-28)14-8-18(31-26-14,19(22,23)24)9-5-10(20)7-11(21)6-9/h3-7H,8H2,1-2H3. The Bertz CT molecular complexity index is 1220. The van der Waals surface area contributed by atoms with Crippen molar-refractivity contribution < 1.29 is 27.5 Å². The van der Waals surface area contributed by atoms with Crippen LogP contribution in [0.3, 0.4) is 0 Å². The number of nitrogens with zero attached hydrogens (tertiary/aromatic N) is 4. The van der Waals surface area contributed by atoms with Gasteiger partial charge in [-0.1, -0.05) is 33.6 Å². The number of methoxy groups -OCH3 is 1. The molecule has 0 saturated carbocycles. The second-order valence-corrected chi connectivity index (χ2v) is 7.72. The number of oxime groups is 1. The van der Waals surface area contributed by atoms with Crippen molar-refractivity contribution in [2.45, 2.75) is 18.2 Å². The van der Waals surface area contributed by atoms with Gasteiger partial charge in [-0.3, -0.25) is 0 Å². The molecule has 0 bridgehead atoms. The number of hydrogen-bond acceptors (Lipinski definition) is 6. The summed E-state index contributed by atoms with van der Waals surface area (Å²) in [5, 5.41) is 11.7. The molecule has 1 unspecified atom stereocenters. The molecule has 0 radical (unpaired) electrons. The Balaban J connectivity index is 1.83. The highest BCUT2D eigenvalue weighted by atomic mass is 35.5. The van der Waals surface area contributed by atoms with E-state index in [2.05, 4.69) is 15.5 Å². The fraction of sp³-hybridized carbons (Fsp3) is 0.263. The number of rotatable bonds is 3. The summed E-state index contributed by atoms with van der Waals surface area (Å²) in [7, 11) is 2.76. The molecule has 0 spiro atoms. The number of esters is 1. The summed E-state index contributed by atoms with van der Waals surface area (Å²) in [5.74, 6) is -0.634. The van der Waals surface area contributed by atoms with Gasteiger partial charge in [-0.2, -0.15) is 13.2 Å². The lowest BCUT2D eigenvalue weighted by Gasteiger charge is -2.29. The normalized spacial score (nSPS) is 18.7. The van der Waals surface area contributed by atoms with Gasteiger partial charge in [0.25, 0.3) is 5.60 Å². The molecular formula is C19H13Cl2F3N4O3. The van der Waals surface area contributed by atoms with E-state index in [0.29, 0.717) is 5.52 Å². The van der Waals surface area contributed by atoms with Gasteiger partial charge in [0.2, 0.25) is 0 Å². The number of halogens is 5. The second-order valence-electron chi connectivity index (χ2n) is 6.85. The molecule has 4 rings (SSSR count). The van der Waals surface area contributed by atoms with Crippen LogP contribution >= 0.6 is 23.2 Å². The summed E-state index contributed by atoms with van der Waals surface area (Å²) < 4.78 is 48.7. The molecule has 7 nitrogen and oxygen atoms in total. The van der Waals surface area contributed by atoms with Gasteiger partial charge >= 0.3 is 12.1 Å². The molecule has 1 aromatic heterocycles. The molecule has 12 heteroatoms. The van der Waals surface area contributed by atoms with Crippen LogP contribution in [-0.2, 0) is 22.2 Å². The molecule has 0 amide bonds. The predicted octanol–water partition coefficient (Wildman–Crippen LogP) is 4.64. The first-order valence-electron chi connectivity index (χ1n) is 8.77. The van der Waals surface area contributed by atoms with Crippen LogP contribution in [0.25, 0.3) is 11.0 Å². The number of alkyl halides is 3. The van der Waals surface area contributed by atoms with Crippen LogP contribution in [0.4, 0.5) is 13.2 Å². The molecule has 162 valence electrons. The zero-order chi connectivity index (χ0) is 22.6. The number of benzene rings is 2. The zero-order valence-electron chi connectivity index (χ0n) is 16.0. The van der Waals surface area contributed by atoms with E-state index in [1.807, 2.05) is 0 Å². The van der Waals surface area contributed by atoms with Crippen molar-refractivity contribution in [2.24, 2.45) is 12.2 Å². The van der Waals surface area contributed by atoms with Crippen molar-refractivity contribution in [3.8, 4) is 0 Å². The third-order valence-electron chi connectivity index (χ3n) is 4.98. The van der Waals surface area contributed by atoms with Crippen LogP contribution in [0.1, 0.15) is 27.9 Å². The van der Waals surface area contributed by atoms with Crippen LogP contribution < -0.4 is 0 Å². The van der Waals surface area contributed by atoms with Crippen LogP contribution in [0, 0.1) is 0 Å². The summed E-state index contributed by atoms with van der Waals surface area (Å²) >= 11 is 11.9. The van der Waals surface area contributed by atoms with Crippen molar-refractivity contribution in [3.05, 3.63) is 57.1 Å². The topological polar surface area (TPSA) is 78.6 Å². The molecule has 1 aliphatic rings. The highest BCUT2D eigenvalue weighted by Crippen LogP contribution is 2.50. The van der Waals surface area contributed by atoms with Gasteiger partial charge in [0.15, 0.2) is 0 Å². The summed E-state index contributed by atoms with van der Waals surface area (Å²) in [4.78, 5) is 17.1. The number of aryl methyl sites for hydroxylation is 1. The number of aromatic nitrogens is 3. The summed E-state index contributed by atoms with van der Waals surface area (Å²) in [6, 6.07) is 6.44. The van der Waals surface area contributed by atoms with E-state index in [1.165, 1.54) is 30.0 Å². The van der Waals surface area contributed by atoms with Crippen LogP contribution in [0.15, 0.2) is 35.5 Å². The molecule has 1 atom stereocenters. The quantitative estimate of drug-likeness (QED) is 0.518. The number of fused-ring (bicyclic) bond motifs is 1. The van der Waals surface area contributed by atoms with Crippen molar-refractivity contribution in [2.75, 3.05) is 7.11 Å². The highest BCUT2D eigenvalue weighted by Gasteiger charge is 2.62. The average molecular weight is 473 g/mol. The molecule has 0 aliphatic carbocycles. The lowest BCUT2D eigenvalue weighted by molar-refractivity contribution is -0.275. The van der Waals surface area contributed by atoms with Crippen LogP contribution in [0.5, 0.6) is 0 Å². The molecule has 3 aromatic rings. The van der Waals surface area contributed by atoms with E-state index in [-0.39, 0.29) is 38.0 Å². The fourth-order valence-corrected chi connectivity index (χ4v) is 4.03. The summed E-state index contributed by atoms with van der Waals surface area (Å²) in [6.07, 6.45) is -5.49. The summed E-state index contributed by atoms with van der Waals surface area (Å²) in [5.41, 5.74) is -2.19.